The molecule has 0 bridgehead atoms. The summed E-state index contributed by atoms with van der Waals surface area (Å²) in [4.78, 5) is 23.3. The standard InChI is InChI=1S/C27H44O5/c1-6-8-17(3)31-32-19-11-13-26(4)18(15-19)16-22(28)25-20-9-10-23(30-24(29)7-2)27(20,5)14-12-21(25)26/h18-23,25,28H,3,6-16H2,1-2,4-5H3/t18?,19-,20?,21?,22-,23-,25?,26-,27-/m0/s1. The van der Waals surface area contributed by atoms with E-state index in [1.54, 1.807) is 0 Å². The minimum atomic E-state index is -0.280. The molecule has 5 heteroatoms. The second-order valence-corrected chi connectivity index (χ2v) is 11.6. The van der Waals surface area contributed by atoms with Crippen molar-refractivity contribution in [3.63, 3.8) is 0 Å². The van der Waals surface area contributed by atoms with Crippen LogP contribution < -0.4 is 0 Å². The van der Waals surface area contributed by atoms with E-state index in [1.807, 2.05) is 6.92 Å². The fraction of sp³-hybridized carbons (Fsp3) is 0.889. The van der Waals surface area contributed by atoms with Gasteiger partial charge in [-0.3, -0.25) is 4.79 Å². The van der Waals surface area contributed by atoms with Gasteiger partial charge in [-0.25, -0.2) is 0 Å². The molecule has 0 spiro atoms. The lowest BCUT2D eigenvalue weighted by atomic mass is 9.44. The van der Waals surface area contributed by atoms with Crippen molar-refractivity contribution in [3.05, 3.63) is 12.3 Å². The van der Waals surface area contributed by atoms with Gasteiger partial charge in [-0.05, 0) is 86.9 Å². The van der Waals surface area contributed by atoms with Crippen LogP contribution in [-0.2, 0) is 19.3 Å². The highest BCUT2D eigenvalue weighted by Gasteiger charge is 2.63. The van der Waals surface area contributed by atoms with E-state index in [4.69, 9.17) is 14.5 Å². The Hall–Kier alpha value is -1.07. The van der Waals surface area contributed by atoms with E-state index < -0.39 is 0 Å². The third-order valence-electron chi connectivity index (χ3n) is 9.94. The molecule has 4 saturated carbocycles. The molecule has 0 amide bonds. The summed E-state index contributed by atoms with van der Waals surface area (Å²) in [6.45, 7) is 12.7. The Morgan fingerprint density at radius 1 is 1.03 bits per heavy atom. The highest BCUT2D eigenvalue weighted by molar-refractivity contribution is 5.69. The monoisotopic (exact) mass is 448 g/mol. The van der Waals surface area contributed by atoms with Crippen LogP contribution in [0.4, 0.5) is 0 Å². The van der Waals surface area contributed by atoms with Crippen molar-refractivity contribution in [2.24, 2.45) is 34.5 Å². The number of rotatable bonds is 7. The average Bonchev–Trinajstić information content (AvgIpc) is 3.09. The Morgan fingerprint density at radius 2 is 1.75 bits per heavy atom. The number of allylic oxidation sites excluding steroid dienone is 1. The Balaban J connectivity index is 1.45. The lowest BCUT2D eigenvalue weighted by Crippen LogP contribution is -2.59. The first-order valence-corrected chi connectivity index (χ1v) is 13.1. The molecule has 32 heavy (non-hydrogen) atoms. The minimum Gasteiger partial charge on any atom is -0.462 e. The third kappa shape index (κ3) is 4.13. The van der Waals surface area contributed by atoms with Gasteiger partial charge < -0.3 is 14.7 Å². The first kappa shape index (κ1) is 24.1. The zero-order valence-corrected chi connectivity index (χ0v) is 20.6. The second kappa shape index (κ2) is 9.29. The first-order chi connectivity index (χ1) is 15.2. The topological polar surface area (TPSA) is 65.0 Å². The third-order valence-corrected chi connectivity index (χ3v) is 9.94. The lowest BCUT2D eigenvalue weighted by molar-refractivity contribution is -0.313. The van der Waals surface area contributed by atoms with Gasteiger partial charge in [-0.15, -0.1) is 0 Å². The van der Waals surface area contributed by atoms with Crippen LogP contribution in [0.3, 0.4) is 0 Å². The molecule has 0 aliphatic heterocycles. The van der Waals surface area contributed by atoms with Gasteiger partial charge in [0.25, 0.3) is 0 Å². The summed E-state index contributed by atoms with van der Waals surface area (Å²) in [5.74, 6) is 2.37. The zero-order valence-electron chi connectivity index (χ0n) is 20.6. The molecule has 0 aromatic carbocycles. The van der Waals surface area contributed by atoms with Gasteiger partial charge in [0.05, 0.1) is 6.10 Å². The molecule has 5 nitrogen and oxygen atoms in total. The molecule has 4 rings (SSSR count). The average molecular weight is 449 g/mol. The Kier molecular flexibility index (Phi) is 6.99. The summed E-state index contributed by atoms with van der Waals surface area (Å²) in [7, 11) is 0. The molecule has 0 aromatic rings. The van der Waals surface area contributed by atoms with E-state index in [2.05, 4.69) is 27.4 Å². The van der Waals surface area contributed by atoms with Crippen LogP contribution >= 0.6 is 0 Å². The Bertz CT molecular complexity index is 706. The predicted octanol–water partition coefficient (Wildman–Crippen LogP) is 5.95. The highest BCUT2D eigenvalue weighted by Crippen LogP contribution is 2.66. The largest absolute Gasteiger partial charge is 0.462 e. The summed E-state index contributed by atoms with van der Waals surface area (Å²) in [5.41, 5.74) is 0.244. The van der Waals surface area contributed by atoms with Crippen LogP contribution in [0, 0.1) is 34.5 Å². The molecule has 1 N–H and O–H groups in total. The van der Waals surface area contributed by atoms with E-state index in [0.717, 1.165) is 64.2 Å². The number of aliphatic hydroxyl groups excluding tert-OH is 1. The maximum Gasteiger partial charge on any atom is 0.305 e. The number of aliphatic hydroxyl groups is 1. The van der Waals surface area contributed by atoms with E-state index in [1.165, 1.54) is 0 Å². The number of fused-ring (bicyclic) bond motifs is 5. The molecule has 0 saturated heterocycles. The molecular formula is C27H44O5. The SMILES string of the molecule is C=C(CCC)OO[C@H]1CC[C@@]2(C)C(C1)C[C@H](O)C1C2CC[C@@]2(C)C1CC[C@@H]2OC(=O)CC. The molecule has 0 heterocycles. The Morgan fingerprint density at radius 3 is 2.47 bits per heavy atom. The number of hydrogen-bond acceptors (Lipinski definition) is 5. The molecule has 9 atom stereocenters. The summed E-state index contributed by atoms with van der Waals surface area (Å²) in [6.07, 6.45) is 10.2. The molecule has 4 aliphatic carbocycles. The van der Waals surface area contributed by atoms with Gasteiger partial charge >= 0.3 is 5.97 Å². The van der Waals surface area contributed by atoms with Crippen LogP contribution in [0.15, 0.2) is 12.3 Å². The van der Waals surface area contributed by atoms with Crippen LogP contribution in [-0.4, -0.2) is 29.4 Å². The van der Waals surface area contributed by atoms with Gasteiger partial charge in [0, 0.05) is 18.3 Å². The van der Waals surface area contributed by atoms with Crippen molar-refractivity contribution in [2.45, 2.75) is 117 Å². The van der Waals surface area contributed by atoms with Crippen LogP contribution in [0.2, 0.25) is 0 Å². The van der Waals surface area contributed by atoms with Crippen LogP contribution in [0.5, 0.6) is 0 Å². The normalized spacial score (nSPS) is 45.3. The molecule has 4 aliphatic rings. The van der Waals surface area contributed by atoms with Crippen molar-refractivity contribution in [1.29, 1.82) is 0 Å². The second-order valence-electron chi connectivity index (χ2n) is 11.6. The smallest absolute Gasteiger partial charge is 0.305 e. The van der Waals surface area contributed by atoms with Gasteiger partial charge in [0.15, 0.2) is 0 Å². The van der Waals surface area contributed by atoms with Crippen molar-refractivity contribution in [1.82, 2.24) is 0 Å². The van der Waals surface area contributed by atoms with E-state index in [9.17, 15) is 9.90 Å². The fourth-order valence-corrected chi connectivity index (χ4v) is 8.12. The summed E-state index contributed by atoms with van der Waals surface area (Å²) in [5, 5.41) is 11.4. The molecular weight excluding hydrogens is 404 g/mol. The number of carbonyl (C=O) groups excluding carboxylic acids is 1. The van der Waals surface area contributed by atoms with Gasteiger partial charge in [-0.1, -0.05) is 34.3 Å². The van der Waals surface area contributed by atoms with Crippen molar-refractivity contribution in [3.8, 4) is 0 Å². The Labute approximate surface area is 194 Å². The molecule has 4 unspecified atom stereocenters. The first-order valence-electron chi connectivity index (χ1n) is 13.1. The lowest BCUT2D eigenvalue weighted by Gasteiger charge is -2.62. The predicted molar refractivity (Wildman–Crippen MR) is 123 cm³/mol. The summed E-state index contributed by atoms with van der Waals surface area (Å²) >= 11 is 0. The van der Waals surface area contributed by atoms with E-state index in [-0.39, 0.29) is 35.1 Å². The van der Waals surface area contributed by atoms with Gasteiger partial charge in [-0.2, -0.15) is 4.89 Å². The van der Waals surface area contributed by atoms with E-state index >= 15 is 0 Å². The summed E-state index contributed by atoms with van der Waals surface area (Å²) in [6, 6.07) is 0. The molecule has 0 aromatic heterocycles. The quantitative estimate of drug-likeness (QED) is 0.226. The number of ether oxygens (including phenoxy) is 1. The molecule has 0 radical (unpaired) electrons. The number of esters is 1. The number of hydrogen-bond donors (Lipinski definition) is 1. The van der Waals surface area contributed by atoms with Crippen LogP contribution in [0.1, 0.15) is 98.3 Å². The maximum atomic E-state index is 12.0. The molecule has 182 valence electrons. The van der Waals surface area contributed by atoms with Crippen LogP contribution in [0.25, 0.3) is 0 Å². The molecule has 4 fully saturated rings. The highest BCUT2D eigenvalue weighted by atomic mass is 17.2. The fourth-order valence-electron chi connectivity index (χ4n) is 8.12. The maximum absolute atomic E-state index is 12.0. The zero-order chi connectivity index (χ0) is 23.1. The van der Waals surface area contributed by atoms with Crippen molar-refractivity contribution >= 4 is 5.97 Å². The van der Waals surface area contributed by atoms with Gasteiger partial charge in [0.2, 0.25) is 0 Å². The van der Waals surface area contributed by atoms with E-state index in [0.29, 0.717) is 35.9 Å². The summed E-state index contributed by atoms with van der Waals surface area (Å²) < 4.78 is 5.90. The van der Waals surface area contributed by atoms with Crippen molar-refractivity contribution < 1.29 is 24.4 Å². The number of carbonyl (C=O) groups is 1. The minimum absolute atomic E-state index is 0.00393. The van der Waals surface area contributed by atoms with Crippen molar-refractivity contribution in [2.75, 3.05) is 0 Å². The van der Waals surface area contributed by atoms with Gasteiger partial charge in [0.1, 0.15) is 18.0 Å².